The summed E-state index contributed by atoms with van der Waals surface area (Å²) in [5, 5.41) is 0.122. The summed E-state index contributed by atoms with van der Waals surface area (Å²) in [6, 6.07) is 5.91. The standard InChI is InChI=1S/C14H16ClN3O2/c1-4-7-20-14-17-12(16-13(15)18-14)11-6-5-10(19-3)8-9(11)2/h5-6,8H,4,7H2,1-3H3. The van der Waals surface area contributed by atoms with Crippen LogP contribution in [0.1, 0.15) is 18.9 Å². The van der Waals surface area contributed by atoms with Gasteiger partial charge in [0.1, 0.15) is 5.75 Å². The van der Waals surface area contributed by atoms with Gasteiger partial charge < -0.3 is 9.47 Å². The quantitative estimate of drug-likeness (QED) is 0.846. The average Bonchev–Trinajstić information content (AvgIpc) is 2.44. The second kappa shape index (κ2) is 6.52. The Bertz CT molecular complexity index is 605. The molecular weight excluding hydrogens is 278 g/mol. The molecule has 0 N–H and O–H groups in total. The maximum atomic E-state index is 5.92. The molecule has 0 unspecified atom stereocenters. The van der Waals surface area contributed by atoms with Gasteiger partial charge in [-0.2, -0.15) is 15.0 Å². The highest BCUT2D eigenvalue weighted by Crippen LogP contribution is 2.25. The van der Waals surface area contributed by atoms with Gasteiger partial charge in [-0.25, -0.2) is 0 Å². The van der Waals surface area contributed by atoms with E-state index in [0.717, 1.165) is 23.3 Å². The van der Waals surface area contributed by atoms with E-state index in [9.17, 15) is 0 Å². The van der Waals surface area contributed by atoms with Crippen LogP contribution in [0.5, 0.6) is 11.8 Å². The van der Waals surface area contributed by atoms with Crippen molar-refractivity contribution >= 4 is 11.6 Å². The molecule has 106 valence electrons. The van der Waals surface area contributed by atoms with Crippen LogP contribution >= 0.6 is 11.6 Å². The molecule has 2 rings (SSSR count). The molecule has 0 saturated heterocycles. The van der Waals surface area contributed by atoms with Gasteiger partial charge in [0.2, 0.25) is 5.28 Å². The third-order valence-corrected chi connectivity index (χ3v) is 2.87. The molecule has 1 aromatic carbocycles. The third kappa shape index (κ3) is 3.36. The van der Waals surface area contributed by atoms with Crippen molar-refractivity contribution in [3.05, 3.63) is 29.0 Å². The monoisotopic (exact) mass is 293 g/mol. The summed E-state index contributed by atoms with van der Waals surface area (Å²) in [7, 11) is 1.63. The number of hydrogen-bond acceptors (Lipinski definition) is 5. The second-order valence-corrected chi connectivity index (χ2v) is 4.58. The van der Waals surface area contributed by atoms with Crippen LogP contribution in [0.15, 0.2) is 18.2 Å². The van der Waals surface area contributed by atoms with E-state index in [1.807, 2.05) is 32.0 Å². The molecule has 0 amide bonds. The number of rotatable bonds is 5. The number of nitrogens with zero attached hydrogens (tertiary/aromatic N) is 3. The minimum Gasteiger partial charge on any atom is -0.497 e. The molecular formula is C14H16ClN3O2. The molecule has 0 aliphatic carbocycles. The van der Waals surface area contributed by atoms with E-state index in [4.69, 9.17) is 21.1 Å². The van der Waals surface area contributed by atoms with Crippen LogP contribution < -0.4 is 9.47 Å². The van der Waals surface area contributed by atoms with Gasteiger partial charge in [-0.1, -0.05) is 6.92 Å². The number of ether oxygens (including phenoxy) is 2. The summed E-state index contributed by atoms with van der Waals surface area (Å²) < 4.78 is 10.6. The Kier molecular flexibility index (Phi) is 4.74. The van der Waals surface area contributed by atoms with Crippen molar-refractivity contribution < 1.29 is 9.47 Å². The van der Waals surface area contributed by atoms with Crippen molar-refractivity contribution in [3.8, 4) is 23.1 Å². The Morgan fingerprint density at radius 2 is 2.00 bits per heavy atom. The first-order valence-corrected chi connectivity index (χ1v) is 6.71. The predicted molar refractivity (Wildman–Crippen MR) is 77.3 cm³/mol. The summed E-state index contributed by atoms with van der Waals surface area (Å²) in [6.07, 6.45) is 0.875. The Labute approximate surface area is 123 Å². The van der Waals surface area contributed by atoms with Gasteiger partial charge >= 0.3 is 6.01 Å². The highest BCUT2D eigenvalue weighted by atomic mass is 35.5. The highest BCUT2D eigenvalue weighted by Gasteiger charge is 2.11. The van der Waals surface area contributed by atoms with Crippen LogP contribution in [0.2, 0.25) is 5.28 Å². The Morgan fingerprint density at radius 3 is 2.65 bits per heavy atom. The van der Waals surface area contributed by atoms with E-state index >= 15 is 0 Å². The van der Waals surface area contributed by atoms with Gasteiger partial charge in [0.15, 0.2) is 5.82 Å². The number of hydrogen-bond donors (Lipinski definition) is 0. The van der Waals surface area contributed by atoms with Gasteiger partial charge in [0, 0.05) is 5.56 Å². The zero-order chi connectivity index (χ0) is 14.5. The van der Waals surface area contributed by atoms with Crippen molar-refractivity contribution in [3.63, 3.8) is 0 Å². The molecule has 0 saturated carbocycles. The summed E-state index contributed by atoms with van der Waals surface area (Å²) in [6.45, 7) is 4.51. The fraction of sp³-hybridized carbons (Fsp3) is 0.357. The predicted octanol–water partition coefficient (Wildman–Crippen LogP) is 3.30. The van der Waals surface area contributed by atoms with E-state index < -0.39 is 0 Å². The van der Waals surface area contributed by atoms with Gasteiger partial charge in [0.25, 0.3) is 0 Å². The summed E-state index contributed by atoms with van der Waals surface area (Å²) >= 11 is 5.92. The fourth-order valence-corrected chi connectivity index (χ4v) is 1.88. The Hall–Kier alpha value is -1.88. The zero-order valence-electron chi connectivity index (χ0n) is 11.7. The zero-order valence-corrected chi connectivity index (χ0v) is 12.4. The number of benzene rings is 1. The average molecular weight is 294 g/mol. The fourth-order valence-electron chi connectivity index (χ4n) is 1.72. The Balaban J connectivity index is 2.39. The normalized spacial score (nSPS) is 10.4. The molecule has 0 fully saturated rings. The maximum Gasteiger partial charge on any atom is 0.321 e. The Morgan fingerprint density at radius 1 is 1.20 bits per heavy atom. The molecule has 1 heterocycles. The number of methoxy groups -OCH3 is 1. The lowest BCUT2D eigenvalue weighted by molar-refractivity contribution is 0.291. The van der Waals surface area contributed by atoms with E-state index in [1.165, 1.54) is 0 Å². The lowest BCUT2D eigenvalue weighted by Crippen LogP contribution is -2.03. The van der Waals surface area contributed by atoms with Crippen LogP contribution in [0.4, 0.5) is 0 Å². The number of aryl methyl sites for hydroxylation is 1. The minimum atomic E-state index is 0.122. The smallest absolute Gasteiger partial charge is 0.321 e. The van der Waals surface area contributed by atoms with Crippen molar-refractivity contribution in [2.24, 2.45) is 0 Å². The van der Waals surface area contributed by atoms with Crippen molar-refractivity contribution in [1.29, 1.82) is 0 Å². The molecule has 0 aliphatic heterocycles. The van der Waals surface area contributed by atoms with Gasteiger partial charge in [-0.15, -0.1) is 0 Å². The van der Waals surface area contributed by atoms with Crippen molar-refractivity contribution in [2.75, 3.05) is 13.7 Å². The van der Waals surface area contributed by atoms with Crippen LogP contribution in [-0.2, 0) is 0 Å². The van der Waals surface area contributed by atoms with E-state index in [2.05, 4.69) is 15.0 Å². The molecule has 5 nitrogen and oxygen atoms in total. The molecule has 6 heteroatoms. The molecule has 0 bridgehead atoms. The topological polar surface area (TPSA) is 57.1 Å². The molecule has 20 heavy (non-hydrogen) atoms. The number of halogens is 1. The number of aromatic nitrogens is 3. The van der Waals surface area contributed by atoms with Gasteiger partial charge in [-0.3, -0.25) is 0 Å². The SMILES string of the molecule is CCCOc1nc(Cl)nc(-c2ccc(OC)cc2C)n1. The summed E-state index contributed by atoms with van der Waals surface area (Å²) in [5.41, 5.74) is 1.87. The lowest BCUT2D eigenvalue weighted by Gasteiger charge is -2.08. The van der Waals surface area contributed by atoms with Crippen LogP contribution in [0, 0.1) is 6.92 Å². The molecule has 0 radical (unpaired) electrons. The van der Waals surface area contributed by atoms with Gasteiger partial charge in [0.05, 0.1) is 13.7 Å². The van der Waals surface area contributed by atoms with Crippen molar-refractivity contribution in [2.45, 2.75) is 20.3 Å². The van der Waals surface area contributed by atoms with Crippen LogP contribution in [-0.4, -0.2) is 28.7 Å². The largest absolute Gasteiger partial charge is 0.497 e. The van der Waals surface area contributed by atoms with E-state index in [0.29, 0.717) is 12.4 Å². The highest BCUT2D eigenvalue weighted by molar-refractivity contribution is 6.28. The molecule has 1 aromatic heterocycles. The van der Waals surface area contributed by atoms with E-state index in [-0.39, 0.29) is 11.3 Å². The first-order valence-electron chi connectivity index (χ1n) is 6.33. The second-order valence-electron chi connectivity index (χ2n) is 4.24. The minimum absolute atomic E-state index is 0.122. The lowest BCUT2D eigenvalue weighted by atomic mass is 10.1. The van der Waals surface area contributed by atoms with E-state index in [1.54, 1.807) is 7.11 Å². The van der Waals surface area contributed by atoms with Crippen LogP contribution in [0.3, 0.4) is 0 Å². The molecule has 0 aliphatic rings. The molecule has 0 spiro atoms. The molecule has 0 atom stereocenters. The molecule has 2 aromatic rings. The van der Waals surface area contributed by atoms with Crippen molar-refractivity contribution in [1.82, 2.24) is 15.0 Å². The first-order chi connectivity index (χ1) is 9.63. The third-order valence-electron chi connectivity index (χ3n) is 2.70. The van der Waals surface area contributed by atoms with Gasteiger partial charge in [-0.05, 0) is 48.7 Å². The summed E-state index contributed by atoms with van der Waals surface area (Å²) in [5.74, 6) is 1.28. The van der Waals surface area contributed by atoms with Crippen LogP contribution in [0.25, 0.3) is 11.4 Å². The first kappa shape index (κ1) is 14.5. The maximum absolute atomic E-state index is 5.92. The summed E-state index contributed by atoms with van der Waals surface area (Å²) in [4.78, 5) is 12.4.